The van der Waals surface area contributed by atoms with Gasteiger partial charge in [-0.3, -0.25) is 14.7 Å². The maximum absolute atomic E-state index is 14.1. The molecule has 2 aliphatic heterocycles. The van der Waals surface area contributed by atoms with Gasteiger partial charge >= 0.3 is 0 Å². The molecule has 1 atom stereocenters. The normalized spacial score (nSPS) is 19.5. The molecular formula is C23H26FN3O2. The first-order valence-corrected chi connectivity index (χ1v) is 10.2. The summed E-state index contributed by atoms with van der Waals surface area (Å²) < 4.78 is 19.5. The Morgan fingerprint density at radius 3 is 2.72 bits per heavy atom. The second-order valence-corrected chi connectivity index (χ2v) is 7.52. The SMILES string of the molecule is O=C1Nc2cccc(F)c2C1C=Nc1ccc(CCCCN2CCOCC2)cc1. The maximum atomic E-state index is 14.1. The van der Waals surface area contributed by atoms with E-state index in [4.69, 9.17) is 4.74 Å². The van der Waals surface area contributed by atoms with Crippen LogP contribution < -0.4 is 5.32 Å². The number of nitrogens with one attached hydrogen (secondary N) is 1. The second-order valence-electron chi connectivity index (χ2n) is 7.52. The van der Waals surface area contributed by atoms with E-state index in [1.807, 2.05) is 12.1 Å². The van der Waals surface area contributed by atoms with Crippen molar-refractivity contribution in [2.75, 3.05) is 38.2 Å². The van der Waals surface area contributed by atoms with Gasteiger partial charge in [-0.25, -0.2) is 4.39 Å². The van der Waals surface area contributed by atoms with Gasteiger partial charge in [0.15, 0.2) is 0 Å². The molecule has 4 rings (SSSR count). The van der Waals surface area contributed by atoms with Crippen molar-refractivity contribution in [3.05, 3.63) is 59.4 Å². The molecule has 1 amide bonds. The van der Waals surface area contributed by atoms with E-state index in [1.54, 1.807) is 12.1 Å². The van der Waals surface area contributed by atoms with E-state index in [2.05, 4.69) is 27.3 Å². The number of amides is 1. The minimum absolute atomic E-state index is 0.245. The van der Waals surface area contributed by atoms with Crippen LogP contribution in [-0.4, -0.2) is 49.9 Å². The zero-order valence-electron chi connectivity index (χ0n) is 16.4. The van der Waals surface area contributed by atoms with Gasteiger partial charge in [0.25, 0.3) is 0 Å². The Bertz CT molecular complexity index is 876. The number of aliphatic imine (C=N–C) groups is 1. The lowest BCUT2D eigenvalue weighted by Crippen LogP contribution is -2.36. The van der Waals surface area contributed by atoms with Gasteiger partial charge in [0.1, 0.15) is 11.7 Å². The van der Waals surface area contributed by atoms with Crippen LogP contribution in [0, 0.1) is 5.82 Å². The van der Waals surface area contributed by atoms with Crippen molar-refractivity contribution in [1.29, 1.82) is 0 Å². The standard InChI is InChI=1S/C23H26FN3O2/c24-20-5-3-6-21-22(20)19(23(28)26-21)16-25-18-9-7-17(8-10-18)4-1-2-11-27-12-14-29-15-13-27/h3,5-10,16,19H,1-2,4,11-15H2,(H,26,28). The number of unbranched alkanes of at least 4 members (excludes halogenated alkanes) is 1. The van der Waals surface area contributed by atoms with Crippen molar-refractivity contribution in [3.63, 3.8) is 0 Å². The van der Waals surface area contributed by atoms with Crippen molar-refractivity contribution < 1.29 is 13.9 Å². The fourth-order valence-corrected chi connectivity index (χ4v) is 3.84. The molecule has 1 fully saturated rings. The highest BCUT2D eigenvalue weighted by molar-refractivity contribution is 6.12. The van der Waals surface area contributed by atoms with Crippen molar-refractivity contribution >= 4 is 23.5 Å². The molecule has 6 heteroatoms. The van der Waals surface area contributed by atoms with Crippen molar-refractivity contribution in [1.82, 2.24) is 4.90 Å². The number of rotatable bonds is 7. The van der Waals surface area contributed by atoms with Crippen molar-refractivity contribution in [2.24, 2.45) is 4.99 Å². The van der Waals surface area contributed by atoms with E-state index in [1.165, 1.54) is 24.3 Å². The highest BCUT2D eigenvalue weighted by Crippen LogP contribution is 2.33. The molecule has 5 nitrogen and oxygen atoms in total. The lowest BCUT2D eigenvalue weighted by atomic mass is 10.0. The first-order chi connectivity index (χ1) is 14.2. The number of carbonyl (C=O) groups is 1. The van der Waals surface area contributed by atoms with Gasteiger partial charge in [-0.1, -0.05) is 18.2 Å². The molecule has 1 unspecified atom stereocenters. The molecule has 2 aromatic carbocycles. The molecule has 1 saturated heterocycles. The van der Waals surface area contributed by atoms with Crippen LogP contribution in [0.15, 0.2) is 47.5 Å². The molecule has 2 aliphatic rings. The predicted octanol–water partition coefficient (Wildman–Crippen LogP) is 3.92. The Labute approximate surface area is 170 Å². The number of carbonyl (C=O) groups excluding carboxylic acids is 1. The van der Waals surface area contributed by atoms with Crippen LogP contribution in [0.2, 0.25) is 0 Å². The molecule has 0 aliphatic carbocycles. The predicted molar refractivity (Wildman–Crippen MR) is 113 cm³/mol. The Kier molecular flexibility index (Phi) is 6.32. The van der Waals surface area contributed by atoms with Gasteiger partial charge in [-0.05, 0) is 55.6 Å². The third-order valence-corrected chi connectivity index (χ3v) is 5.51. The van der Waals surface area contributed by atoms with Gasteiger partial charge in [0, 0.05) is 30.6 Å². The molecule has 29 heavy (non-hydrogen) atoms. The summed E-state index contributed by atoms with van der Waals surface area (Å²) in [6.07, 6.45) is 4.90. The Morgan fingerprint density at radius 2 is 1.93 bits per heavy atom. The van der Waals surface area contributed by atoms with Gasteiger partial charge in [-0.2, -0.15) is 0 Å². The molecule has 0 radical (unpaired) electrons. The number of morpholine rings is 1. The third kappa shape index (κ3) is 4.89. The number of hydrogen-bond acceptors (Lipinski definition) is 4. The van der Waals surface area contributed by atoms with Crippen molar-refractivity contribution in [3.8, 4) is 0 Å². The fourth-order valence-electron chi connectivity index (χ4n) is 3.84. The topological polar surface area (TPSA) is 53.9 Å². The van der Waals surface area contributed by atoms with E-state index in [-0.39, 0.29) is 11.7 Å². The van der Waals surface area contributed by atoms with Gasteiger partial charge in [-0.15, -0.1) is 0 Å². The summed E-state index contributed by atoms with van der Waals surface area (Å²) >= 11 is 0. The van der Waals surface area contributed by atoms with E-state index in [0.29, 0.717) is 11.3 Å². The van der Waals surface area contributed by atoms with Crippen LogP contribution >= 0.6 is 0 Å². The Balaban J connectivity index is 1.29. The van der Waals surface area contributed by atoms with Crippen LogP contribution in [0.4, 0.5) is 15.8 Å². The summed E-state index contributed by atoms with van der Waals surface area (Å²) in [4.78, 5) is 19.0. The van der Waals surface area contributed by atoms with Gasteiger partial charge in [0.05, 0.1) is 18.9 Å². The number of ether oxygens (including phenoxy) is 1. The molecule has 0 spiro atoms. The molecule has 2 aromatic rings. The lowest BCUT2D eigenvalue weighted by molar-refractivity contribution is -0.115. The van der Waals surface area contributed by atoms with E-state index < -0.39 is 5.92 Å². The average Bonchev–Trinajstić information content (AvgIpc) is 3.07. The summed E-state index contributed by atoms with van der Waals surface area (Å²) in [5, 5.41) is 2.71. The minimum Gasteiger partial charge on any atom is -0.379 e. The molecule has 2 heterocycles. The van der Waals surface area contributed by atoms with E-state index >= 15 is 0 Å². The Hall–Kier alpha value is -2.57. The largest absolute Gasteiger partial charge is 0.379 e. The van der Waals surface area contributed by atoms with Gasteiger partial charge in [0.2, 0.25) is 5.91 Å². The second kappa shape index (κ2) is 9.29. The Morgan fingerprint density at radius 1 is 1.14 bits per heavy atom. The smallest absolute Gasteiger partial charge is 0.237 e. The van der Waals surface area contributed by atoms with Crippen LogP contribution in [0.5, 0.6) is 0 Å². The number of benzene rings is 2. The highest BCUT2D eigenvalue weighted by atomic mass is 19.1. The highest BCUT2D eigenvalue weighted by Gasteiger charge is 2.31. The number of aryl methyl sites for hydroxylation is 1. The molecule has 152 valence electrons. The number of fused-ring (bicyclic) bond motifs is 1. The minimum atomic E-state index is -0.689. The number of nitrogens with zero attached hydrogens (tertiary/aromatic N) is 2. The van der Waals surface area contributed by atoms with Crippen LogP contribution in [0.3, 0.4) is 0 Å². The molecule has 0 aromatic heterocycles. The number of hydrogen-bond donors (Lipinski definition) is 1. The fraction of sp³-hybridized carbons (Fsp3) is 0.391. The maximum Gasteiger partial charge on any atom is 0.237 e. The summed E-state index contributed by atoms with van der Waals surface area (Å²) in [5.41, 5.74) is 2.94. The van der Waals surface area contributed by atoms with Gasteiger partial charge < -0.3 is 10.1 Å². The summed E-state index contributed by atoms with van der Waals surface area (Å²) in [6.45, 7) is 4.92. The number of halogens is 1. The quantitative estimate of drug-likeness (QED) is 0.571. The van der Waals surface area contributed by atoms with Crippen LogP contribution in [0.25, 0.3) is 0 Å². The first-order valence-electron chi connectivity index (χ1n) is 10.2. The summed E-state index contributed by atoms with van der Waals surface area (Å²) in [6, 6.07) is 12.7. The number of anilines is 1. The van der Waals surface area contributed by atoms with E-state index in [0.717, 1.165) is 51.4 Å². The zero-order valence-corrected chi connectivity index (χ0v) is 16.4. The van der Waals surface area contributed by atoms with Crippen molar-refractivity contribution in [2.45, 2.75) is 25.2 Å². The molecular weight excluding hydrogens is 369 g/mol. The van der Waals surface area contributed by atoms with E-state index in [9.17, 15) is 9.18 Å². The van der Waals surface area contributed by atoms with Crippen LogP contribution in [-0.2, 0) is 16.0 Å². The lowest BCUT2D eigenvalue weighted by Gasteiger charge is -2.26. The third-order valence-electron chi connectivity index (χ3n) is 5.51. The van der Waals surface area contributed by atoms with Crippen LogP contribution in [0.1, 0.15) is 29.9 Å². The molecule has 0 saturated carbocycles. The monoisotopic (exact) mass is 395 g/mol. The zero-order chi connectivity index (χ0) is 20.1. The molecule has 0 bridgehead atoms. The summed E-state index contributed by atoms with van der Waals surface area (Å²) in [5.74, 6) is -1.32. The first kappa shape index (κ1) is 19.7. The summed E-state index contributed by atoms with van der Waals surface area (Å²) in [7, 11) is 0. The average molecular weight is 395 g/mol. The molecule has 1 N–H and O–H groups in total.